The van der Waals surface area contributed by atoms with Gasteiger partial charge in [0.05, 0.1) is 15.6 Å². The van der Waals surface area contributed by atoms with Gasteiger partial charge in [0.2, 0.25) is 0 Å². The van der Waals surface area contributed by atoms with Crippen molar-refractivity contribution in [1.29, 1.82) is 0 Å². The number of rotatable bonds is 5. The van der Waals surface area contributed by atoms with Crippen molar-refractivity contribution in [2.24, 2.45) is 11.3 Å². The molecule has 20 heavy (non-hydrogen) atoms. The maximum Gasteiger partial charge on any atom is 0.184 e. The van der Waals surface area contributed by atoms with Crippen LogP contribution in [0.15, 0.2) is 12.1 Å². The number of hydrogen-bond donors (Lipinski definition) is 0. The fourth-order valence-electron chi connectivity index (χ4n) is 2.23. The molecule has 0 aliphatic rings. The van der Waals surface area contributed by atoms with Crippen molar-refractivity contribution >= 4 is 48.9 Å². The van der Waals surface area contributed by atoms with E-state index in [2.05, 4.69) is 27.7 Å². The van der Waals surface area contributed by atoms with Gasteiger partial charge < -0.3 is 0 Å². The van der Waals surface area contributed by atoms with Gasteiger partial charge in [-0.3, -0.25) is 4.79 Å². The third kappa shape index (κ3) is 5.90. The van der Waals surface area contributed by atoms with E-state index < -0.39 is 0 Å². The number of halogens is 3. The number of carbonyl (C=O) groups is 1. The van der Waals surface area contributed by atoms with E-state index in [-0.39, 0.29) is 19.5 Å². The average Bonchev–Trinajstić information content (AvgIpc) is 2.22. The van der Waals surface area contributed by atoms with Gasteiger partial charge >= 0.3 is 0 Å². The SMILES string of the molecule is CC(CPC(=O)c1c(Cl)cc(Cl)cc1Cl)CC(C)(C)C. The van der Waals surface area contributed by atoms with Crippen LogP contribution < -0.4 is 0 Å². The highest BCUT2D eigenvalue weighted by atomic mass is 35.5. The molecule has 0 bridgehead atoms. The van der Waals surface area contributed by atoms with Crippen LogP contribution in [0.1, 0.15) is 44.5 Å². The van der Waals surface area contributed by atoms with Gasteiger partial charge in [0.25, 0.3) is 0 Å². The van der Waals surface area contributed by atoms with Crippen LogP contribution in [0.25, 0.3) is 0 Å². The van der Waals surface area contributed by atoms with Crippen molar-refractivity contribution in [3.05, 3.63) is 32.8 Å². The lowest BCUT2D eigenvalue weighted by Gasteiger charge is -2.23. The van der Waals surface area contributed by atoms with Gasteiger partial charge in [-0.15, -0.1) is 0 Å². The molecular weight excluding hydrogens is 333 g/mol. The minimum Gasteiger partial charge on any atom is -0.289 e. The van der Waals surface area contributed by atoms with Gasteiger partial charge in [0.1, 0.15) is 0 Å². The first-order valence-corrected chi connectivity index (χ1v) is 8.87. The zero-order valence-corrected chi connectivity index (χ0v) is 15.5. The zero-order chi connectivity index (χ0) is 15.5. The molecule has 0 saturated carbocycles. The fourth-order valence-corrected chi connectivity index (χ4v) is 4.50. The predicted octanol–water partition coefficient (Wildman–Crippen LogP) is 6.54. The molecule has 0 radical (unpaired) electrons. The monoisotopic (exact) mass is 352 g/mol. The smallest absolute Gasteiger partial charge is 0.184 e. The molecular formula is C15H20Cl3OP. The van der Waals surface area contributed by atoms with Gasteiger partial charge in [-0.05, 0) is 44.6 Å². The Kier molecular flexibility index (Phi) is 6.80. The Morgan fingerprint density at radius 3 is 2.15 bits per heavy atom. The van der Waals surface area contributed by atoms with Crippen LogP contribution in [0, 0.1) is 11.3 Å². The Hall–Kier alpha value is 0.190. The molecule has 2 atom stereocenters. The second-order valence-electron chi connectivity index (χ2n) is 6.32. The minimum absolute atomic E-state index is 0.0115. The molecule has 112 valence electrons. The standard InChI is InChI=1S/C15H20Cl3OP/c1-9(7-15(2,3)4)8-20-14(19)13-11(17)5-10(16)6-12(13)18/h5-6,9,20H,7-8H2,1-4H3. The van der Waals surface area contributed by atoms with E-state index in [4.69, 9.17) is 34.8 Å². The summed E-state index contributed by atoms with van der Waals surface area (Å²) >= 11 is 18.0. The molecule has 0 spiro atoms. The first kappa shape index (κ1) is 18.2. The van der Waals surface area contributed by atoms with Crippen molar-refractivity contribution in [3.8, 4) is 0 Å². The second-order valence-corrected chi connectivity index (χ2v) is 8.79. The van der Waals surface area contributed by atoms with E-state index in [1.165, 1.54) is 0 Å². The first-order valence-electron chi connectivity index (χ1n) is 6.53. The van der Waals surface area contributed by atoms with Gasteiger partial charge in [-0.1, -0.05) is 62.5 Å². The summed E-state index contributed by atoms with van der Waals surface area (Å²) in [6.45, 7) is 8.81. The summed E-state index contributed by atoms with van der Waals surface area (Å²) in [6, 6.07) is 3.12. The number of benzene rings is 1. The summed E-state index contributed by atoms with van der Waals surface area (Å²) in [6.07, 6.45) is 1.96. The van der Waals surface area contributed by atoms with Crippen molar-refractivity contribution in [1.82, 2.24) is 0 Å². The highest BCUT2D eigenvalue weighted by Crippen LogP contribution is 2.35. The predicted molar refractivity (Wildman–Crippen MR) is 92.2 cm³/mol. The molecule has 0 N–H and O–H groups in total. The van der Waals surface area contributed by atoms with E-state index in [1.807, 2.05) is 0 Å². The van der Waals surface area contributed by atoms with E-state index >= 15 is 0 Å². The summed E-state index contributed by atoms with van der Waals surface area (Å²) in [7, 11) is 0.188. The molecule has 0 aromatic heterocycles. The number of hydrogen-bond acceptors (Lipinski definition) is 1. The first-order chi connectivity index (χ1) is 9.10. The highest BCUT2D eigenvalue weighted by Gasteiger charge is 2.19. The molecule has 0 fully saturated rings. The van der Waals surface area contributed by atoms with Crippen molar-refractivity contribution < 1.29 is 4.79 Å². The maximum atomic E-state index is 12.3. The Morgan fingerprint density at radius 1 is 1.20 bits per heavy atom. The van der Waals surface area contributed by atoms with Crippen LogP contribution in [0.4, 0.5) is 0 Å². The van der Waals surface area contributed by atoms with Crippen LogP contribution in [0.5, 0.6) is 0 Å². The third-order valence-electron chi connectivity index (χ3n) is 2.81. The van der Waals surface area contributed by atoms with Gasteiger partial charge in [0, 0.05) is 5.02 Å². The highest BCUT2D eigenvalue weighted by molar-refractivity contribution is 7.58. The lowest BCUT2D eigenvalue weighted by Crippen LogP contribution is -2.13. The molecule has 5 heteroatoms. The average molecular weight is 354 g/mol. The van der Waals surface area contributed by atoms with Crippen molar-refractivity contribution in [3.63, 3.8) is 0 Å². The molecule has 1 rings (SSSR count). The minimum atomic E-state index is 0.0115. The van der Waals surface area contributed by atoms with Gasteiger partial charge in [-0.2, -0.15) is 0 Å². The second kappa shape index (κ2) is 7.45. The summed E-state index contributed by atoms with van der Waals surface area (Å²) in [5, 5.41) is 1.12. The van der Waals surface area contributed by atoms with Crippen LogP contribution >= 0.6 is 43.4 Å². The van der Waals surface area contributed by atoms with E-state index in [0.29, 0.717) is 26.5 Å². The summed E-state index contributed by atoms with van der Waals surface area (Å²) in [5.41, 5.74) is 0.694. The third-order valence-corrected chi connectivity index (χ3v) is 5.09. The summed E-state index contributed by atoms with van der Waals surface area (Å²) in [4.78, 5) is 12.3. The normalized spacial score (nSPS) is 13.9. The molecule has 1 nitrogen and oxygen atoms in total. The number of carbonyl (C=O) groups excluding carboxylic acids is 1. The fraction of sp³-hybridized carbons (Fsp3) is 0.533. The van der Waals surface area contributed by atoms with Crippen molar-refractivity contribution in [2.75, 3.05) is 6.16 Å². The van der Waals surface area contributed by atoms with E-state index in [0.717, 1.165) is 12.6 Å². The molecule has 1 aromatic rings. The summed E-state index contributed by atoms with van der Waals surface area (Å²) < 4.78 is 0. The largest absolute Gasteiger partial charge is 0.289 e. The molecule has 1 aromatic carbocycles. The zero-order valence-electron chi connectivity index (χ0n) is 12.2. The molecule has 0 aliphatic carbocycles. The van der Waals surface area contributed by atoms with Crippen LogP contribution in [0.2, 0.25) is 15.1 Å². The Morgan fingerprint density at radius 2 is 1.70 bits per heavy atom. The molecule has 2 unspecified atom stereocenters. The Balaban J connectivity index is 2.69. The Bertz CT molecular complexity index is 471. The lowest BCUT2D eigenvalue weighted by molar-refractivity contribution is 0.108. The summed E-state index contributed by atoms with van der Waals surface area (Å²) in [5.74, 6) is 0.502. The molecule has 0 heterocycles. The van der Waals surface area contributed by atoms with Gasteiger partial charge in [0.15, 0.2) is 5.52 Å². The molecule has 0 amide bonds. The topological polar surface area (TPSA) is 17.1 Å². The van der Waals surface area contributed by atoms with Crippen molar-refractivity contribution in [2.45, 2.75) is 34.1 Å². The van der Waals surface area contributed by atoms with E-state index in [9.17, 15) is 4.79 Å². The van der Waals surface area contributed by atoms with Crippen LogP contribution in [0.3, 0.4) is 0 Å². The van der Waals surface area contributed by atoms with Crippen LogP contribution in [-0.2, 0) is 0 Å². The van der Waals surface area contributed by atoms with Gasteiger partial charge in [-0.25, -0.2) is 0 Å². The quantitative estimate of drug-likeness (QED) is 0.549. The molecule has 0 aliphatic heterocycles. The molecule has 0 saturated heterocycles. The Labute approximate surface area is 138 Å². The maximum absolute atomic E-state index is 12.3. The van der Waals surface area contributed by atoms with E-state index in [1.54, 1.807) is 12.1 Å². The van der Waals surface area contributed by atoms with Crippen LogP contribution in [-0.4, -0.2) is 11.7 Å². The lowest BCUT2D eigenvalue weighted by atomic mass is 9.86.